The minimum atomic E-state index is 0. The van der Waals surface area contributed by atoms with Crippen LogP contribution in [0.2, 0.25) is 0 Å². The molecular formula is AuCl5Zn. The van der Waals surface area contributed by atoms with E-state index in [0.717, 1.165) is 0 Å². The molecule has 0 amide bonds. The first-order valence-electron chi connectivity index (χ1n) is 0. The Morgan fingerprint density at radius 2 is 0.429 bits per heavy atom. The first kappa shape index (κ1) is 96.3. The zero-order valence-electron chi connectivity index (χ0n) is 2.90. The monoisotopic (exact) mass is 436 g/mol. The second-order valence-electron chi connectivity index (χ2n) is 0. The maximum absolute atomic E-state index is 0. The summed E-state index contributed by atoms with van der Waals surface area (Å²) in [4.78, 5) is 0. The standard InChI is InChI=1S/Au.5ClH.Zn/h;5*1H;/q+3;;;;;;+2/p-5. The molecule has 0 spiro atoms. The summed E-state index contributed by atoms with van der Waals surface area (Å²) in [5, 5.41) is 0. The number of hydrogen-bond acceptors (Lipinski definition) is 0. The van der Waals surface area contributed by atoms with E-state index in [9.17, 15) is 0 Å². The van der Waals surface area contributed by atoms with Crippen molar-refractivity contribution in [2.75, 3.05) is 0 Å². The second-order valence-corrected chi connectivity index (χ2v) is 0. The Balaban J connectivity index is 0. The van der Waals surface area contributed by atoms with E-state index in [2.05, 4.69) is 0 Å². The molecule has 0 aliphatic carbocycles. The van der Waals surface area contributed by atoms with E-state index < -0.39 is 0 Å². The van der Waals surface area contributed by atoms with Gasteiger partial charge in [0.1, 0.15) is 0 Å². The van der Waals surface area contributed by atoms with Gasteiger partial charge in [0.05, 0.1) is 0 Å². The van der Waals surface area contributed by atoms with Crippen molar-refractivity contribution in [1.82, 2.24) is 0 Å². The first-order valence-corrected chi connectivity index (χ1v) is 0. The summed E-state index contributed by atoms with van der Waals surface area (Å²) >= 11 is 0. The fourth-order valence-corrected chi connectivity index (χ4v) is 0. The Bertz CT molecular complexity index is 8.04. The van der Waals surface area contributed by atoms with Crippen LogP contribution < -0.4 is 62.0 Å². The van der Waals surface area contributed by atoms with E-state index in [-0.39, 0.29) is 104 Å². The van der Waals surface area contributed by atoms with Crippen molar-refractivity contribution < 1.29 is 104 Å². The minimum Gasteiger partial charge on any atom is -1.00 e. The van der Waals surface area contributed by atoms with E-state index in [4.69, 9.17) is 0 Å². The zero-order chi connectivity index (χ0) is 0. The van der Waals surface area contributed by atoms with Crippen LogP contribution in [-0.2, 0) is 41.9 Å². The molecule has 0 saturated heterocycles. The molecule has 0 aromatic heterocycles. The van der Waals surface area contributed by atoms with Crippen LogP contribution in [0.15, 0.2) is 0 Å². The van der Waals surface area contributed by atoms with E-state index >= 15 is 0 Å². The van der Waals surface area contributed by atoms with Crippen LogP contribution in [0.1, 0.15) is 0 Å². The molecule has 0 nitrogen and oxygen atoms in total. The molecule has 0 heterocycles. The third-order valence-electron chi connectivity index (χ3n) is 0. The second kappa shape index (κ2) is 68.0. The number of hydrogen-bond donors (Lipinski definition) is 0. The van der Waals surface area contributed by atoms with Crippen molar-refractivity contribution in [3.63, 3.8) is 0 Å². The molecule has 0 fully saturated rings. The van der Waals surface area contributed by atoms with Gasteiger partial charge in [-0.1, -0.05) is 0 Å². The fraction of sp³-hybridized carbons (Fsp3) is 0. The molecule has 0 radical (unpaired) electrons. The van der Waals surface area contributed by atoms with E-state index in [1.807, 2.05) is 0 Å². The van der Waals surface area contributed by atoms with E-state index in [1.165, 1.54) is 0 Å². The molecule has 0 saturated carbocycles. The van der Waals surface area contributed by atoms with Crippen LogP contribution in [-0.4, -0.2) is 0 Å². The summed E-state index contributed by atoms with van der Waals surface area (Å²) in [7, 11) is 0. The van der Waals surface area contributed by atoms with Crippen molar-refractivity contribution in [2.45, 2.75) is 0 Å². The molecule has 0 bridgehead atoms. The molecule has 0 aromatic carbocycles. The van der Waals surface area contributed by atoms with Crippen molar-refractivity contribution in [3.8, 4) is 0 Å². The van der Waals surface area contributed by atoms with Gasteiger partial charge in [-0.2, -0.15) is 0 Å². The normalized spacial score (nSPS) is 0. The summed E-state index contributed by atoms with van der Waals surface area (Å²) < 4.78 is 0. The van der Waals surface area contributed by atoms with Crippen molar-refractivity contribution in [1.29, 1.82) is 0 Å². The average molecular weight is 440 g/mol. The van der Waals surface area contributed by atoms with Crippen LogP contribution >= 0.6 is 0 Å². The van der Waals surface area contributed by atoms with Gasteiger partial charge in [0.2, 0.25) is 0 Å². The van der Waals surface area contributed by atoms with Crippen LogP contribution in [0.3, 0.4) is 0 Å². The topological polar surface area (TPSA) is 0 Å². The van der Waals surface area contributed by atoms with Gasteiger partial charge in [0.25, 0.3) is 0 Å². The van der Waals surface area contributed by atoms with Crippen molar-refractivity contribution in [2.24, 2.45) is 0 Å². The predicted octanol–water partition coefficient (Wildman–Crippen LogP) is -15.0. The maximum Gasteiger partial charge on any atom is 3.00 e. The van der Waals surface area contributed by atoms with Crippen LogP contribution in [0.25, 0.3) is 0 Å². The number of rotatable bonds is 0. The molecule has 0 atom stereocenters. The van der Waals surface area contributed by atoms with Gasteiger partial charge in [0.15, 0.2) is 0 Å². The van der Waals surface area contributed by atoms with Gasteiger partial charge >= 0.3 is 41.9 Å². The summed E-state index contributed by atoms with van der Waals surface area (Å²) in [5.74, 6) is 0. The van der Waals surface area contributed by atoms with Crippen LogP contribution in [0.4, 0.5) is 0 Å². The van der Waals surface area contributed by atoms with Crippen molar-refractivity contribution in [3.05, 3.63) is 0 Å². The quantitative estimate of drug-likeness (QED) is 0.329. The molecule has 0 N–H and O–H groups in total. The smallest absolute Gasteiger partial charge is 1.00 e. The molecule has 48 valence electrons. The van der Waals surface area contributed by atoms with E-state index in [1.54, 1.807) is 0 Å². The van der Waals surface area contributed by atoms with E-state index in [0.29, 0.717) is 0 Å². The van der Waals surface area contributed by atoms with Crippen LogP contribution in [0.5, 0.6) is 0 Å². The molecule has 7 heavy (non-hydrogen) atoms. The van der Waals surface area contributed by atoms with Gasteiger partial charge in [0, 0.05) is 0 Å². The van der Waals surface area contributed by atoms with Gasteiger partial charge < -0.3 is 62.0 Å². The SMILES string of the molecule is [Au+3].[Cl-].[Cl-].[Cl-].[Cl-].[Cl-].[Zn+2]. The van der Waals surface area contributed by atoms with Gasteiger partial charge in [-0.15, -0.1) is 0 Å². The van der Waals surface area contributed by atoms with Crippen LogP contribution in [0, 0.1) is 0 Å². The Hall–Kier alpha value is 2.81. The van der Waals surface area contributed by atoms with Gasteiger partial charge in [-0.25, -0.2) is 0 Å². The Kier molecular flexibility index (Phi) is 935. The first-order chi connectivity index (χ1) is 0. The maximum atomic E-state index is 0. The molecule has 7 heteroatoms. The zero-order valence-corrected chi connectivity index (χ0v) is 11.8. The Labute approximate surface area is 103 Å². The number of halogens is 5. The minimum absolute atomic E-state index is 0. The third kappa shape index (κ3) is 51.7. The predicted molar refractivity (Wildman–Crippen MR) is 0 cm³/mol. The van der Waals surface area contributed by atoms with Gasteiger partial charge in [-0.05, 0) is 0 Å². The van der Waals surface area contributed by atoms with Gasteiger partial charge in [-0.3, -0.25) is 0 Å². The summed E-state index contributed by atoms with van der Waals surface area (Å²) in [6.07, 6.45) is 0. The Morgan fingerprint density at radius 1 is 0.429 bits per heavy atom. The largest absolute Gasteiger partial charge is 3.00 e. The average Bonchev–Trinajstić information content (AvgIpc) is 0. The summed E-state index contributed by atoms with van der Waals surface area (Å²) in [6, 6.07) is 0. The molecule has 0 unspecified atom stereocenters. The molecule has 0 aliphatic rings. The molecule has 0 rings (SSSR count). The molecule has 0 aliphatic heterocycles. The third-order valence-corrected chi connectivity index (χ3v) is 0. The van der Waals surface area contributed by atoms with Crippen molar-refractivity contribution >= 4 is 0 Å². The Morgan fingerprint density at radius 3 is 0.429 bits per heavy atom. The summed E-state index contributed by atoms with van der Waals surface area (Å²) in [6.45, 7) is 0. The fourth-order valence-electron chi connectivity index (χ4n) is 0. The molecule has 0 aromatic rings. The molecular weight excluding hydrogens is 440 g/mol. The summed E-state index contributed by atoms with van der Waals surface area (Å²) in [5.41, 5.74) is 0.